The molecule has 0 radical (unpaired) electrons. The number of hydrogen-bond acceptors (Lipinski definition) is 4. The van der Waals surface area contributed by atoms with E-state index in [-0.39, 0.29) is 11.9 Å². The van der Waals surface area contributed by atoms with Crippen LogP contribution >= 0.6 is 0 Å². The van der Waals surface area contributed by atoms with Gasteiger partial charge in [-0.2, -0.15) is 0 Å². The van der Waals surface area contributed by atoms with Crippen molar-refractivity contribution in [1.29, 1.82) is 0 Å². The maximum atomic E-state index is 12.2. The van der Waals surface area contributed by atoms with Crippen LogP contribution in [0, 0.1) is 5.41 Å². The van der Waals surface area contributed by atoms with Gasteiger partial charge in [-0.05, 0) is 36.8 Å². The summed E-state index contributed by atoms with van der Waals surface area (Å²) < 4.78 is 10.9. The molecule has 0 fully saturated rings. The molecule has 0 N–H and O–H groups in total. The second kappa shape index (κ2) is 16.7. The molecule has 0 aromatic heterocycles. The van der Waals surface area contributed by atoms with Gasteiger partial charge < -0.3 is 9.47 Å². The van der Waals surface area contributed by atoms with E-state index in [1.54, 1.807) is 24.3 Å². The molecule has 0 amide bonds. The number of benzene rings is 1. The predicted octanol–water partition coefficient (Wildman–Crippen LogP) is 8.41. The summed E-state index contributed by atoms with van der Waals surface area (Å²) in [7, 11) is 0. The van der Waals surface area contributed by atoms with Crippen molar-refractivity contribution in [3.05, 3.63) is 24.3 Å². The van der Waals surface area contributed by atoms with E-state index >= 15 is 0 Å². The van der Waals surface area contributed by atoms with E-state index in [0.717, 1.165) is 38.5 Å². The zero-order valence-corrected chi connectivity index (χ0v) is 21.0. The number of unbranched alkanes of at least 4 members (excludes halogenated alkanes) is 10. The van der Waals surface area contributed by atoms with E-state index in [2.05, 4.69) is 27.7 Å². The van der Waals surface area contributed by atoms with Gasteiger partial charge in [0.25, 0.3) is 0 Å². The fraction of sp³-hybridized carbons (Fsp3) is 0.714. The second-order valence-corrected chi connectivity index (χ2v) is 10.1. The van der Waals surface area contributed by atoms with Crippen LogP contribution < -0.4 is 9.47 Å². The third-order valence-electron chi connectivity index (χ3n) is 5.59. The lowest BCUT2D eigenvalue weighted by atomic mass is 9.89. The summed E-state index contributed by atoms with van der Waals surface area (Å²) in [5.74, 6) is 0.124. The third kappa shape index (κ3) is 15.0. The lowest BCUT2D eigenvalue weighted by molar-refractivity contribution is -0.137. The molecular weight excluding hydrogens is 400 g/mol. The molecule has 0 aliphatic carbocycles. The lowest BCUT2D eigenvalue weighted by Gasteiger charge is -2.17. The fourth-order valence-electron chi connectivity index (χ4n) is 3.65. The van der Waals surface area contributed by atoms with Crippen LogP contribution in [0.15, 0.2) is 24.3 Å². The number of rotatable bonds is 17. The summed E-state index contributed by atoms with van der Waals surface area (Å²) in [6, 6.07) is 6.93. The summed E-state index contributed by atoms with van der Waals surface area (Å²) >= 11 is 0. The Kier molecular flexibility index (Phi) is 14.8. The van der Waals surface area contributed by atoms with Gasteiger partial charge in [0.05, 0.1) is 0 Å². The van der Waals surface area contributed by atoms with E-state index in [4.69, 9.17) is 9.47 Å². The lowest BCUT2D eigenvalue weighted by Crippen LogP contribution is -2.12. The number of carbonyl (C=O) groups excluding carboxylic acids is 2. The van der Waals surface area contributed by atoms with Crippen molar-refractivity contribution in [2.45, 2.75) is 124 Å². The maximum Gasteiger partial charge on any atom is 0.311 e. The van der Waals surface area contributed by atoms with Crippen molar-refractivity contribution >= 4 is 11.9 Å². The van der Waals surface area contributed by atoms with Gasteiger partial charge in [-0.3, -0.25) is 9.59 Å². The summed E-state index contributed by atoms with van der Waals surface area (Å²) in [4.78, 5) is 24.4. The molecule has 0 bridgehead atoms. The van der Waals surface area contributed by atoms with E-state index in [1.165, 1.54) is 44.9 Å². The van der Waals surface area contributed by atoms with Crippen LogP contribution in [0.2, 0.25) is 0 Å². The smallest absolute Gasteiger partial charge is 0.311 e. The number of ether oxygens (including phenoxy) is 2. The SMILES string of the molecule is CCCCCCCCC(=O)Oc1ccccc1OC(=O)CCCCCCCCC(C)(C)C. The molecule has 1 rings (SSSR count). The Morgan fingerprint density at radius 1 is 0.656 bits per heavy atom. The summed E-state index contributed by atoms with van der Waals surface area (Å²) in [6.07, 6.45) is 15.6. The van der Waals surface area contributed by atoms with Crippen molar-refractivity contribution in [3.63, 3.8) is 0 Å². The summed E-state index contributed by atoms with van der Waals surface area (Å²) in [5, 5.41) is 0. The predicted molar refractivity (Wildman–Crippen MR) is 132 cm³/mol. The van der Waals surface area contributed by atoms with Gasteiger partial charge in [0.15, 0.2) is 11.5 Å². The molecule has 0 aliphatic heterocycles. The molecule has 4 heteroatoms. The van der Waals surface area contributed by atoms with Gasteiger partial charge in [-0.25, -0.2) is 0 Å². The number of hydrogen-bond donors (Lipinski definition) is 0. The van der Waals surface area contributed by atoms with Crippen molar-refractivity contribution < 1.29 is 19.1 Å². The molecule has 32 heavy (non-hydrogen) atoms. The van der Waals surface area contributed by atoms with E-state index < -0.39 is 0 Å². The average molecular weight is 447 g/mol. The minimum absolute atomic E-state index is 0.267. The van der Waals surface area contributed by atoms with Crippen LogP contribution in [0.1, 0.15) is 124 Å². The van der Waals surface area contributed by atoms with Gasteiger partial charge in [-0.15, -0.1) is 0 Å². The maximum absolute atomic E-state index is 12.2. The molecular formula is C28H46O4. The van der Waals surface area contributed by atoms with E-state index in [1.807, 2.05) is 0 Å². The van der Waals surface area contributed by atoms with Crippen LogP contribution in [0.25, 0.3) is 0 Å². The molecule has 0 unspecified atom stereocenters. The Hall–Kier alpha value is -1.84. The Balaban J connectivity index is 2.24. The first kappa shape index (κ1) is 28.2. The summed E-state index contributed by atoms with van der Waals surface area (Å²) in [6.45, 7) is 9.05. The molecule has 0 saturated heterocycles. The first-order valence-electron chi connectivity index (χ1n) is 12.8. The molecule has 0 aliphatic rings. The second-order valence-electron chi connectivity index (χ2n) is 10.1. The molecule has 1 aromatic rings. The molecule has 0 atom stereocenters. The normalized spacial score (nSPS) is 11.4. The topological polar surface area (TPSA) is 52.6 Å². The fourth-order valence-corrected chi connectivity index (χ4v) is 3.65. The zero-order chi connectivity index (χ0) is 23.7. The highest BCUT2D eigenvalue weighted by Gasteiger charge is 2.13. The Morgan fingerprint density at radius 2 is 1.06 bits per heavy atom. The van der Waals surface area contributed by atoms with Gasteiger partial charge in [0, 0.05) is 12.8 Å². The Bertz CT molecular complexity index is 645. The van der Waals surface area contributed by atoms with Crippen molar-refractivity contribution in [2.75, 3.05) is 0 Å². The van der Waals surface area contributed by atoms with E-state index in [0.29, 0.717) is 29.8 Å². The number of esters is 2. The quantitative estimate of drug-likeness (QED) is 0.137. The van der Waals surface area contributed by atoms with Crippen LogP contribution in [0.3, 0.4) is 0 Å². The first-order chi connectivity index (χ1) is 15.3. The highest BCUT2D eigenvalue weighted by molar-refractivity contribution is 5.76. The Labute approximate surface area is 196 Å². The summed E-state index contributed by atoms with van der Waals surface area (Å²) in [5.41, 5.74) is 0.419. The van der Waals surface area contributed by atoms with Crippen molar-refractivity contribution in [2.24, 2.45) is 5.41 Å². The van der Waals surface area contributed by atoms with Crippen molar-refractivity contribution in [3.8, 4) is 11.5 Å². The largest absolute Gasteiger partial charge is 0.423 e. The molecule has 0 saturated carbocycles. The van der Waals surface area contributed by atoms with Gasteiger partial charge in [0.2, 0.25) is 0 Å². The molecule has 0 heterocycles. The van der Waals surface area contributed by atoms with Crippen LogP contribution in [0.4, 0.5) is 0 Å². The standard InChI is InChI=1S/C28H46O4/c1-5-6-7-8-11-14-21-26(29)31-24-19-16-17-20-25(24)32-27(30)22-15-12-9-10-13-18-23-28(2,3)4/h16-17,19-20H,5-15,18,21-23H2,1-4H3. The van der Waals surface area contributed by atoms with Gasteiger partial charge in [0.1, 0.15) is 0 Å². The molecule has 4 nitrogen and oxygen atoms in total. The van der Waals surface area contributed by atoms with Crippen LogP contribution in [-0.4, -0.2) is 11.9 Å². The average Bonchev–Trinajstić information content (AvgIpc) is 2.73. The highest BCUT2D eigenvalue weighted by atomic mass is 16.6. The first-order valence-corrected chi connectivity index (χ1v) is 12.8. The third-order valence-corrected chi connectivity index (χ3v) is 5.59. The molecule has 1 aromatic carbocycles. The number of carbonyl (C=O) groups is 2. The highest BCUT2D eigenvalue weighted by Crippen LogP contribution is 2.28. The van der Waals surface area contributed by atoms with Crippen molar-refractivity contribution in [1.82, 2.24) is 0 Å². The van der Waals surface area contributed by atoms with Crippen LogP contribution in [-0.2, 0) is 9.59 Å². The minimum atomic E-state index is -0.268. The minimum Gasteiger partial charge on any atom is -0.423 e. The van der Waals surface area contributed by atoms with Gasteiger partial charge >= 0.3 is 11.9 Å². The molecule has 182 valence electrons. The van der Waals surface area contributed by atoms with Gasteiger partial charge in [-0.1, -0.05) is 104 Å². The number of para-hydroxylation sites is 2. The van der Waals surface area contributed by atoms with E-state index in [9.17, 15) is 9.59 Å². The monoisotopic (exact) mass is 446 g/mol. The zero-order valence-electron chi connectivity index (χ0n) is 21.0. The van der Waals surface area contributed by atoms with Crippen LogP contribution in [0.5, 0.6) is 11.5 Å². The Morgan fingerprint density at radius 3 is 1.50 bits per heavy atom. The molecule has 0 spiro atoms.